The molecule has 1 aromatic carbocycles. The van der Waals surface area contributed by atoms with Crippen molar-refractivity contribution >= 4 is 5.97 Å². The molecule has 0 radical (unpaired) electrons. The summed E-state index contributed by atoms with van der Waals surface area (Å²) < 4.78 is 26.9. The van der Waals surface area contributed by atoms with Gasteiger partial charge in [-0.1, -0.05) is 13.0 Å². The van der Waals surface area contributed by atoms with E-state index in [4.69, 9.17) is 23.7 Å². The van der Waals surface area contributed by atoms with Crippen molar-refractivity contribution in [3.63, 3.8) is 0 Å². The van der Waals surface area contributed by atoms with Crippen LogP contribution in [0.25, 0.3) is 0 Å². The molecule has 0 unspecified atom stereocenters. The van der Waals surface area contributed by atoms with E-state index in [1.54, 1.807) is 18.2 Å². The maximum Gasteiger partial charge on any atom is 0.342 e. The maximum absolute atomic E-state index is 12.5. The first kappa shape index (κ1) is 21.0. The topological polar surface area (TPSA) is 63.2 Å². The van der Waals surface area contributed by atoms with Gasteiger partial charge in [-0.25, -0.2) is 4.79 Å². The number of rotatable bonds is 13. The Morgan fingerprint density at radius 1 is 1.08 bits per heavy atom. The summed E-state index contributed by atoms with van der Waals surface area (Å²) >= 11 is 0. The first-order valence-corrected chi connectivity index (χ1v) is 8.53. The van der Waals surface area contributed by atoms with Crippen molar-refractivity contribution in [1.29, 1.82) is 0 Å². The van der Waals surface area contributed by atoms with Crippen molar-refractivity contribution in [3.05, 3.63) is 35.9 Å². The minimum Gasteiger partial charge on any atom is -0.467 e. The molecule has 0 aliphatic rings. The average molecular weight is 352 g/mol. The van der Waals surface area contributed by atoms with Crippen LogP contribution in [0.3, 0.4) is 0 Å². The lowest BCUT2D eigenvalue weighted by atomic mass is 10.0. The van der Waals surface area contributed by atoms with Crippen LogP contribution in [0.1, 0.15) is 43.1 Å². The largest absolute Gasteiger partial charge is 0.467 e. The van der Waals surface area contributed by atoms with Crippen LogP contribution in [-0.4, -0.2) is 39.4 Å². The number of benzene rings is 1. The van der Waals surface area contributed by atoms with Crippen LogP contribution >= 0.6 is 0 Å². The van der Waals surface area contributed by atoms with E-state index in [0.29, 0.717) is 43.1 Å². The third-order valence-electron chi connectivity index (χ3n) is 3.31. The van der Waals surface area contributed by atoms with Crippen molar-refractivity contribution in [2.75, 3.05) is 33.4 Å². The Kier molecular flexibility index (Phi) is 10.4. The third kappa shape index (κ3) is 7.15. The highest BCUT2D eigenvalue weighted by Gasteiger charge is 2.20. The van der Waals surface area contributed by atoms with Crippen molar-refractivity contribution in [1.82, 2.24) is 0 Å². The molecule has 6 nitrogen and oxygen atoms in total. The molecule has 1 rings (SSSR count). The minimum atomic E-state index is -0.429. The lowest BCUT2D eigenvalue weighted by Crippen LogP contribution is -2.14. The standard InChI is InChI=1S/C19H28O6/c1-5-9-10-23-19(20)18-15(6-2)11-16(24-13-21-7-3)12-17(18)25-14-22-8-4/h5,11-12H,1,6-10,13-14H2,2-4H3. The van der Waals surface area contributed by atoms with Crippen molar-refractivity contribution < 1.29 is 28.5 Å². The van der Waals surface area contributed by atoms with Gasteiger partial charge in [0, 0.05) is 19.3 Å². The van der Waals surface area contributed by atoms with Crippen LogP contribution in [0.4, 0.5) is 0 Å². The number of hydrogen-bond donors (Lipinski definition) is 0. The second-order valence-corrected chi connectivity index (χ2v) is 5.03. The van der Waals surface area contributed by atoms with E-state index >= 15 is 0 Å². The summed E-state index contributed by atoms with van der Waals surface area (Å²) in [6.07, 6.45) is 2.92. The Balaban J connectivity index is 3.06. The highest BCUT2D eigenvalue weighted by Crippen LogP contribution is 2.30. The fourth-order valence-electron chi connectivity index (χ4n) is 2.04. The number of carbonyl (C=O) groups is 1. The fraction of sp³-hybridized carbons (Fsp3) is 0.526. The van der Waals surface area contributed by atoms with Crippen LogP contribution in [0, 0.1) is 0 Å². The Morgan fingerprint density at radius 3 is 2.36 bits per heavy atom. The SMILES string of the molecule is C=CCCOC(=O)c1c(CC)cc(OCOCC)cc1OCOCC. The second kappa shape index (κ2) is 12.3. The van der Waals surface area contributed by atoms with Gasteiger partial charge >= 0.3 is 5.97 Å². The van der Waals surface area contributed by atoms with Gasteiger partial charge in [-0.05, 0) is 38.3 Å². The molecular weight excluding hydrogens is 324 g/mol. The van der Waals surface area contributed by atoms with Gasteiger partial charge in [0.25, 0.3) is 0 Å². The van der Waals surface area contributed by atoms with Crippen molar-refractivity contribution in [2.24, 2.45) is 0 Å². The highest BCUT2D eigenvalue weighted by atomic mass is 16.7. The summed E-state index contributed by atoms with van der Waals surface area (Å²) in [5.41, 5.74) is 1.18. The van der Waals surface area contributed by atoms with Gasteiger partial charge in [0.1, 0.15) is 17.1 Å². The monoisotopic (exact) mass is 352 g/mol. The Bertz CT molecular complexity index is 541. The van der Waals surface area contributed by atoms with E-state index in [1.807, 2.05) is 20.8 Å². The zero-order chi connectivity index (χ0) is 18.5. The summed E-state index contributed by atoms with van der Waals surface area (Å²) in [6, 6.07) is 3.46. The molecule has 1 aromatic rings. The molecule has 0 aromatic heterocycles. The Morgan fingerprint density at radius 2 is 1.76 bits per heavy atom. The first-order valence-electron chi connectivity index (χ1n) is 8.53. The molecule has 6 heteroatoms. The van der Waals surface area contributed by atoms with Crippen molar-refractivity contribution in [2.45, 2.75) is 33.6 Å². The zero-order valence-electron chi connectivity index (χ0n) is 15.3. The van der Waals surface area contributed by atoms with Crippen molar-refractivity contribution in [3.8, 4) is 11.5 Å². The van der Waals surface area contributed by atoms with E-state index < -0.39 is 5.97 Å². The van der Waals surface area contributed by atoms with E-state index in [9.17, 15) is 4.79 Å². The van der Waals surface area contributed by atoms with Gasteiger partial charge in [0.2, 0.25) is 0 Å². The highest BCUT2D eigenvalue weighted by molar-refractivity contribution is 5.94. The predicted octanol–water partition coefficient (Wildman–Crippen LogP) is 3.73. The molecule has 0 heterocycles. The summed E-state index contributed by atoms with van der Waals surface area (Å²) in [7, 11) is 0. The normalized spacial score (nSPS) is 10.4. The molecular formula is C19H28O6. The Labute approximate surface area is 149 Å². The van der Waals surface area contributed by atoms with Gasteiger partial charge < -0.3 is 23.7 Å². The molecule has 140 valence electrons. The number of aryl methyl sites for hydroxylation is 1. The summed E-state index contributed by atoms with van der Waals surface area (Å²) in [5.74, 6) is 0.517. The van der Waals surface area contributed by atoms with Crippen LogP contribution < -0.4 is 9.47 Å². The van der Waals surface area contributed by atoms with Gasteiger partial charge in [0.05, 0.1) is 6.61 Å². The number of carbonyl (C=O) groups excluding carboxylic acids is 1. The maximum atomic E-state index is 12.5. The first-order chi connectivity index (χ1) is 12.2. The number of hydrogen-bond acceptors (Lipinski definition) is 6. The van der Waals surface area contributed by atoms with Crippen LogP contribution in [0.5, 0.6) is 11.5 Å². The molecule has 0 atom stereocenters. The molecule has 25 heavy (non-hydrogen) atoms. The summed E-state index contributed by atoms with van der Waals surface area (Å²) in [6.45, 7) is 10.9. The van der Waals surface area contributed by atoms with Gasteiger partial charge in [-0.3, -0.25) is 0 Å². The second-order valence-electron chi connectivity index (χ2n) is 5.03. The van der Waals surface area contributed by atoms with E-state index in [1.165, 1.54) is 0 Å². The quantitative estimate of drug-likeness (QED) is 0.233. The van der Waals surface area contributed by atoms with Crippen LogP contribution in [-0.2, 0) is 20.6 Å². The lowest BCUT2D eigenvalue weighted by molar-refractivity contribution is 0.0170. The lowest BCUT2D eigenvalue weighted by Gasteiger charge is -2.16. The molecule has 0 aliphatic carbocycles. The third-order valence-corrected chi connectivity index (χ3v) is 3.31. The molecule has 0 amide bonds. The zero-order valence-corrected chi connectivity index (χ0v) is 15.3. The molecule has 0 saturated carbocycles. The van der Waals surface area contributed by atoms with Gasteiger partial charge in [-0.15, -0.1) is 6.58 Å². The smallest absolute Gasteiger partial charge is 0.342 e. The van der Waals surface area contributed by atoms with E-state index in [-0.39, 0.29) is 20.2 Å². The van der Waals surface area contributed by atoms with Crippen LogP contribution in [0.2, 0.25) is 0 Å². The average Bonchev–Trinajstić information content (AvgIpc) is 2.61. The molecule has 0 fully saturated rings. The minimum absolute atomic E-state index is 0.0432. The predicted molar refractivity (Wildman–Crippen MR) is 95.2 cm³/mol. The van der Waals surface area contributed by atoms with Gasteiger partial charge in [0.15, 0.2) is 13.6 Å². The van der Waals surface area contributed by atoms with E-state index in [2.05, 4.69) is 6.58 Å². The summed E-state index contributed by atoms with van der Waals surface area (Å²) in [5, 5.41) is 0. The fourth-order valence-corrected chi connectivity index (χ4v) is 2.04. The Hall–Kier alpha value is -2.05. The molecule has 0 bridgehead atoms. The van der Waals surface area contributed by atoms with Gasteiger partial charge in [-0.2, -0.15) is 0 Å². The molecule has 0 spiro atoms. The van der Waals surface area contributed by atoms with Crippen LogP contribution in [0.15, 0.2) is 24.8 Å². The molecule has 0 saturated heterocycles. The van der Waals surface area contributed by atoms with E-state index in [0.717, 1.165) is 5.56 Å². The summed E-state index contributed by atoms with van der Waals surface area (Å²) in [4.78, 5) is 12.5. The molecule has 0 N–H and O–H groups in total. The number of esters is 1. The number of ether oxygens (including phenoxy) is 5. The molecule has 0 aliphatic heterocycles.